The Balaban J connectivity index is 2.25. The van der Waals surface area contributed by atoms with Crippen LogP contribution in [0.15, 0.2) is 33.1 Å². The first kappa shape index (κ1) is 13.1. The molecule has 1 atom stereocenters. The van der Waals surface area contributed by atoms with Crippen molar-refractivity contribution in [2.75, 3.05) is 0 Å². The van der Waals surface area contributed by atoms with Crippen molar-refractivity contribution >= 4 is 28.5 Å². The highest BCUT2D eigenvalue weighted by molar-refractivity contribution is 7.91. The van der Waals surface area contributed by atoms with Crippen molar-refractivity contribution in [3.63, 3.8) is 0 Å². The summed E-state index contributed by atoms with van der Waals surface area (Å²) in [4.78, 5) is 0. The Morgan fingerprint density at radius 3 is 2.72 bits per heavy atom. The maximum Gasteiger partial charge on any atom is 0.150 e. The van der Waals surface area contributed by atoms with Crippen LogP contribution in [0.25, 0.3) is 11.0 Å². The summed E-state index contributed by atoms with van der Waals surface area (Å²) in [6, 6.07) is 5.95. The summed E-state index contributed by atoms with van der Waals surface area (Å²) >= 11 is -1.33. The second kappa shape index (κ2) is 4.74. The summed E-state index contributed by atoms with van der Waals surface area (Å²) < 4.78 is 33.7. The highest BCUT2D eigenvalue weighted by Crippen LogP contribution is 2.21. The highest BCUT2D eigenvalue weighted by atomic mass is 32.2. The number of hydrogen-bond acceptors (Lipinski definition) is 3. The summed E-state index contributed by atoms with van der Waals surface area (Å²) in [5.74, 6) is 0.151. The van der Waals surface area contributed by atoms with E-state index in [9.17, 15) is 8.94 Å². The number of rotatable bonds is 2. The van der Waals surface area contributed by atoms with E-state index in [-0.39, 0.29) is 5.82 Å². The smallest absolute Gasteiger partial charge is 0.150 e. The Hall–Kier alpha value is -1.33. The largest absolute Gasteiger partial charge is 0.591 e. The summed E-state index contributed by atoms with van der Waals surface area (Å²) in [6.07, 6.45) is 1.42. The van der Waals surface area contributed by atoms with Gasteiger partial charge >= 0.3 is 0 Å². The summed E-state index contributed by atoms with van der Waals surface area (Å²) in [7, 11) is 0. The number of fused-ring (bicyclic) bond motifs is 1. The van der Waals surface area contributed by atoms with Gasteiger partial charge in [0.05, 0.1) is 0 Å². The predicted octanol–water partition coefficient (Wildman–Crippen LogP) is 3.45. The maximum atomic E-state index is 13.0. The van der Waals surface area contributed by atoms with Crippen molar-refractivity contribution in [1.82, 2.24) is 0 Å². The van der Waals surface area contributed by atoms with E-state index in [0.717, 1.165) is 0 Å². The van der Waals surface area contributed by atoms with E-state index in [0.29, 0.717) is 16.7 Å². The van der Waals surface area contributed by atoms with E-state index in [2.05, 4.69) is 4.40 Å². The van der Waals surface area contributed by atoms with Crippen LogP contribution in [0.3, 0.4) is 0 Å². The molecule has 0 amide bonds. The van der Waals surface area contributed by atoms with Gasteiger partial charge in [0.15, 0.2) is 5.76 Å². The van der Waals surface area contributed by atoms with Crippen LogP contribution >= 0.6 is 0 Å². The fourth-order valence-electron chi connectivity index (χ4n) is 1.36. The second-order valence-corrected chi connectivity index (χ2v) is 6.86. The Morgan fingerprint density at radius 2 is 2.06 bits per heavy atom. The number of hydrogen-bond donors (Lipinski definition) is 0. The molecule has 0 unspecified atom stereocenters. The summed E-state index contributed by atoms with van der Waals surface area (Å²) in [6.45, 7) is 5.53. The molecule has 0 radical (unpaired) electrons. The molecule has 0 saturated carbocycles. The zero-order valence-corrected chi connectivity index (χ0v) is 11.3. The van der Waals surface area contributed by atoms with Gasteiger partial charge in [-0.1, -0.05) is 4.40 Å². The number of halogens is 1. The molecule has 1 heterocycles. The summed E-state index contributed by atoms with van der Waals surface area (Å²) in [5.41, 5.74) is 0.583. The zero-order chi connectivity index (χ0) is 13.3. The van der Waals surface area contributed by atoms with Crippen LogP contribution in [0, 0.1) is 5.82 Å². The number of benzene rings is 1. The molecular formula is C13H14FNO2S. The first-order valence-corrected chi connectivity index (χ1v) is 6.62. The molecule has 0 fully saturated rings. The Morgan fingerprint density at radius 1 is 1.33 bits per heavy atom. The molecule has 0 aliphatic rings. The molecule has 2 rings (SSSR count). The number of furan rings is 1. The Kier molecular flexibility index (Phi) is 3.45. The maximum absolute atomic E-state index is 13.0. The first-order chi connectivity index (χ1) is 8.36. The van der Waals surface area contributed by atoms with Crippen LogP contribution in [0.1, 0.15) is 26.5 Å². The predicted molar refractivity (Wildman–Crippen MR) is 71.7 cm³/mol. The average molecular weight is 267 g/mol. The van der Waals surface area contributed by atoms with Crippen LogP contribution in [0.5, 0.6) is 0 Å². The second-order valence-electron chi connectivity index (χ2n) is 4.93. The van der Waals surface area contributed by atoms with Gasteiger partial charge in [-0.3, -0.25) is 0 Å². The van der Waals surface area contributed by atoms with Gasteiger partial charge in [0.25, 0.3) is 0 Å². The van der Waals surface area contributed by atoms with Crippen LogP contribution in [0.4, 0.5) is 4.39 Å². The molecule has 0 saturated heterocycles. The van der Waals surface area contributed by atoms with Gasteiger partial charge in [0.2, 0.25) is 0 Å². The molecule has 5 heteroatoms. The van der Waals surface area contributed by atoms with Crippen molar-refractivity contribution < 1.29 is 13.4 Å². The lowest BCUT2D eigenvalue weighted by atomic mass is 10.2. The fraction of sp³-hybridized carbons (Fsp3) is 0.308. The van der Waals surface area contributed by atoms with Gasteiger partial charge in [0.1, 0.15) is 33.7 Å². The van der Waals surface area contributed by atoms with Gasteiger partial charge < -0.3 is 8.97 Å². The monoisotopic (exact) mass is 267 g/mol. The molecule has 18 heavy (non-hydrogen) atoms. The lowest BCUT2D eigenvalue weighted by Crippen LogP contribution is -2.25. The molecule has 0 aliphatic carbocycles. The molecule has 1 aromatic heterocycles. The third-order valence-electron chi connectivity index (χ3n) is 2.30. The summed E-state index contributed by atoms with van der Waals surface area (Å²) in [5, 5.41) is 0.665. The van der Waals surface area contributed by atoms with Crippen LogP contribution in [-0.4, -0.2) is 15.5 Å². The van der Waals surface area contributed by atoms with Gasteiger partial charge in [-0.15, -0.1) is 0 Å². The normalized spacial score (nSPS) is 14.5. The van der Waals surface area contributed by atoms with Crippen LogP contribution in [-0.2, 0) is 11.4 Å². The Bertz CT molecular complexity index is 586. The minimum Gasteiger partial charge on any atom is -0.591 e. The Labute approximate surface area is 108 Å². The van der Waals surface area contributed by atoms with Crippen molar-refractivity contribution in [3.05, 3.63) is 35.8 Å². The van der Waals surface area contributed by atoms with E-state index in [1.54, 1.807) is 12.1 Å². The molecule has 3 nitrogen and oxygen atoms in total. The van der Waals surface area contributed by atoms with Gasteiger partial charge in [-0.25, -0.2) is 4.39 Å². The first-order valence-electron chi connectivity index (χ1n) is 5.51. The van der Waals surface area contributed by atoms with Crippen LogP contribution < -0.4 is 0 Å². The lowest BCUT2D eigenvalue weighted by Gasteiger charge is -2.17. The number of nitrogens with zero attached hydrogens (tertiary/aromatic N) is 1. The zero-order valence-electron chi connectivity index (χ0n) is 10.4. The third kappa shape index (κ3) is 2.91. The van der Waals surface area contributed by atoms with Crippen molar-refractivity contribution in [2.45, 2.75) is 25.5 Å². The molecule has 96 valence electrons. The molecule has 0 N–H and O–H groups in total. The van der Waals surface area contributed by atoms with Crippen molar-refractivity contribution in [3.8, 4) is 0 Å². The van der Waals surface area contributed by atoms with Crippen LogP contribution in [0.2, 0.25) is 0 Å². The molecule has 2 aromatic rings. The third-order valence-corrected chi connectivity index (χ3v) is 3.64. The molecule has 0 spiro atoms. The molecule has 1 aromatic carbocycles. The van der Waals surface area contributed by atoms with Crippen molar-refractivity contribution in [2.24, 2.45) is 4.40 Å². The fourth-order valence-corrected chi connectivity index (χ4v) is 1.87. The SMILES string of the molecule is CC(C)(C)[S@@+]([O-])N=Cc1cc2cc(F)ccc2o1. The van der Waals surface area contributed by atoms with E-state index in [1.807, 2.05) is 20.8 Å². The lowest BCUT2D eigenvalue weighted by molar-refractivity contribution is 0.561. The van der Waals surface area contributed by atoms with E-state index >= 15 is 0 Å². The van der Waals surface area contributed by atoms with Gasteiger partial charge in [-0.2, -0.15) is 0 Å². The van der Waals surface area contributed by atoms with Crippen molar-refractivity contribution in [1.29, 1.82) is 0 Å². The molecule has 0 aliphatic heterocycles. The van der Waals surface area contributed by atoms with Gasteiger partial charge in [-0.05, 0) is 45.0 Å². The molecule has 0 bridgehead atoms. The molecular weight excluding hydrogens is 253 g/mol. The minimum atomic E-state index is -1.33. The topological polar surface area (TPSA) is 48.6 Å². The standard InChI is InChI=1S/C13H14FNO2S/c1-13(2,3)18(16)15-8-11-7-9-6-10(14)4-5-12(9)17-11/h4-8H,1-3H3/t18-/m1/s1. The highest BCUT2D eigenvalue weighted by Gasteiger charge is 2.25. The average Bonchev–Trinajstić information content (AvgIpc) is 2.66. The van der Waals surface area contributed by atoms with Gasteiger partial charge in [0, 0.05) is 5.39 Å². The minimum absolute atomic E-state index is 0.315. The van der Waals surface area contributed by atoms with E-state index in [1.165, 1.54) is 18.3 Å². The van der Waals surface area contributed by atoms with E-state index < -0.39 is 16.1 Å². The quantitative estimate of drug-likeness (QED) is 0.618. The van der Waals surface area contributed by atoms with E-state index in [4.69, 9.17) is 4.42 Å².